The van der Waals surface area contributed by atoms with E-state index in [4.69, 9.17) is 4.74 Å². The Morgan fingerprint density at radius 1 is 1.21 bits per heavy atom. The van der Waals surface area contributed by atoms with Crippen molar-refractivity contribution in [1.82, 2.24) is 20.1 Å². The highest BCUT2D eigenvalue weighted by Crippen LogP contribution is 2.31. The minimum absolute atomic E-state index is 0.0676. The number of piperidine rings is 1. The number of hydrogen-bond donors (Lipinski definition) is 1. The average molecular weight is 401 g/mol. The molecule has 4 rings (SSSR count). The van der Waals surface area contributed by atoms with Crippen LogP contribution < -0.4 is 5.32 Å². The van der Waals surface area contributed by atoms with Crippen molar-refractivity contribution < 1.29 is 14.3 Å². The Kier molecular flexibility index (Phi) is 6.45. The minimum atomic E-state index is -0.159. The van der Waals surface area contributed by atoms with Crippen LogP contribution >= 0.6 is 0 Å². The molecule has 0 aromatic carbocycles. The standard InChI is InChI=1S/C22H32N4O3/c1-16-10-23-7-4-20(16)22(28)24-11-19-14-26(21(27)15-29-19)13-18-5-8-25(9-6-18)12-17-2-3-17/h4,7,10,17-19H,2-3,5-6,8-9,11-15H2,1H3,(H,24,28). The molecule has 3 aliphatic rings. The second-order valence-electron chi connectivity index (χ2n) is 8.82. The van der Waals surface area contributed by atoms with Crippen LogP contribution in [0.15, 0.2) is 18.5 Å². The molecule has 2 aliphatic heterocycles. The quantitative estimate of drug-likeness (QED) is 0.750. The van der Waals surface area contributed by atoms with Crippen LogP contribution in [0.2, 0.25) is 0 Å². The number of carbonyl (C=O) groups excluding carboxylic acids is 2. The first-order chi connectivity index (χ1) is 14.1. The number of aromatic nitrogens is 1. The Morgan fingerprint density at radius 2 is 1.97 bits per heavy atom. The van der Waals surface area contributed by atoms with Gasteiger partial charge in [-0.1, -0.05) is 0 Å². The summed E-state index contributed by atoms with van der Waals surface area (Å²) >= 11 is 0. The number of morpholine rings is 1. The number of nitrogens with one attached hydrogen (secondary N) is 1. The highest BCUT2D eigenvalue weighted by atomic mass is 16.5. The van der Waals surface area contributed by atoms with E-state index in [1.807, 2.05) is 11.8 Å². The average Bonchev–Trinajstić information content (AvgIpc) is 3.54. The second-order valence-corrected chi connectivity index (χ2v) is 8.82. The largest absolute Gasteiger partial charge is 0.365 e. The lowest BCUT2D eigenvalue weighted by Crippen LogP contribution is -2.52. The molecule has 1 atom stereocenters. The van der Waals surface area contributed by atoms with E-state index in [2.05, 4.69) is 15.2 Å². The van der Waals surface area contributed by atoms with Crippen molar-refractivity contribution in [1.29, 1.82) is 0 Å². The van der Waals surface area contributed by atoms with Crippen molar-refractivity contribution in [3.63, 3.8) is 0 Å². The topological polar surface area (TPSA) is 74.8 Å². The fourth-order valence-corrected chi connectivity index (χ4v) is 4.34. The van der Waals surface area contributed by atoms with Crippen molar-refractivity contribution >= 4 is 11.8 Å². The zero-order chi connectivity index (χ0) is 20.2. The van der Waals surface area contributed by atoms with Gasteiger partial charge in [-0.25, -0.2) is 0 Å². The van der Waals surface area contributed by atoms with E-state index in [1.165, 1.54) is 32.2 Å². The van der Waals surface area contributed by atoms with Gasteiger partial charge in [0, 0.05) is 44.1 Å². The van der Waals surface area contributed by atoms with Gasteiger partial charge >= 0.3 is 0 Å². The second kappa shape index (κ2) is 9.22. The Hall–Kier alpha value is -1.99. The molecule has 158 valence electrons. The predicted molar refractivity (Wildman–Crippen MR) is 110 cm³/mol. The Balaban J connectivity index is 1.22. The molecule has 29 heavy (non-hydrogen) atoms. The third-order valence-corrected chi connectivity index (χ3v) is 6.37. The third-order valence-electron chi connectivity index (χ3n) is 6.37. The summed E-state index contributed by atoms with van der Waals surface area (Å²) in [7, 11) is 0. The summed E-state index contributed by atoms with van der Waals surface area (Å²) in [5, 5.41) is 2.94. The van der Waals surface area contributed by atoms with Gasteiger partial charge in [0.05, 0.1) is 6.10 Å². The molecule has 1 saturated carbocycles. The van der Waals surface area contributed by atoms with Gasteiger partial charge in [-0.15, -0.1) is 0 Å². The third kappa shape index (κ3) is 5.54. The van der Waals surface area contributed by atoms with Gasteiger partial charge in [0.25, 0.3) is 5.91 Å². The molecule has 3 heterocycles. The summed E-state index contributed by atoms with van der Waals surface area (Å²) in [6.45, 7) is 7.33. The zero-order valence-electron chi connectivity index (χ0n) is 17.3. The number of aryl methyl sites for hydroxylation is 1. The SMILES string of the molecule is Cc1cnccc1C(=O)NCC1CN(CC2CCN(CC3CC3)CC2)C(=O)CO1. The lowest BCUT2D eigenvalue weighted by molar-refractivity contribution is -0.149. The molecule has 1 unspecified atom stereocenters. The lowest BCUT2D eigenvalue weighted by Gasteiger charge is -2.38. The van der Waals surface area contributed by atoms with Gasteiger partial charge in [0.2, 0.25) is 5.91 Å². The summed E-state index contributed by atoms with van der Waals surface area (Å²) in [6, 6.07) is 1.72. The van der Waals surface area contributed by atoms with E-state index in [-0.39, 0.29) is 24.5 Å². The molecular weight excluding hydrogens is 368 g/mol. The van der Waals surface area contributed by atoms with Crippen LogP contribution in [-0.2, 0) is 9.53 Å². The summed E-state index contributed by atoms with van der Waals surface area (Å²) in [4.78, 5) is 33.3. The maximum Gasteiger partial charge on any atom is 0.251 e. The maximum atomic E-state index is 12.4. The number of amides is 2. The number of nitrogens with zero attached hydrogens (tertiary/aromatic N) is 3. The van der Waals surface area contributed by atoms with Gasteiger partial charge in [-0.2, -0.15) is 0 Å². The van der Waals surface area contributed by atoms with E-state index >= 15 is 0 Å². The van der Waals surface area contributed by atoms with Crippen LogP contribution in [0.5, 0.6) is 0 Å². The van der Waals surface area contributed by atoms with Crippen LogP contribution in [0.3, 0.4) is 0 Å². The fraction of sp³-hybridized carbons (Fsp3) is 0.682. The van der Waals surface area contributed by atoms with Crippen molar-refractivity contribution in [2.45, 2.75) is 38.7 Å². The summed E-state index contributed by atoms with van der Waals surface area (Å²) in [6.07, 6.45) is 8.29. The first-order valence-corrected chi connectivity index (χ1v) is 10.9. The molecule has 2 saturated heterocycles. The molecule has 0 spiro atoms. The molecule has 1 N–H and O–H groups in total. The Bertz CT molecular complexity index is 729. The van der Waals surface area contributed by atoms with Gasteiger partial charge in [0.1, 0.15) is 6.61 Å². The molecule has 1 aliphatic carbocycles. The minimum Gasteiger partial charge on any atom is -0.365 e. The van der Waals surface area contributed by atoms with E-state index in [0.717, 1.165) is 31.1 Å². The van der Waals surface area contributed by atoms with Crippen LogP contribution in [-0.4, -0.2) is 78.6 Å². The Morgan fingerprint density at radius 3 is 2.69 bits per heavy atom. The van der Waals surface area contributed by atoms with Crippen LogP contribution in [0.4, 0.5) is 0 Å². The molecule has 3 fully saturated rings. The summed E-state index contributed by atoms with van der Waals surface area (Å²) in [5.41, 5.74) is 1.47. The van der Waals surface area contributed by atoms with Gasteiger partial charge in [-0.3, -0.25) is 14.6 Å². The van der Waals surface area contributed by atoms with Gasteiger partial charge < -0.3 is 19.9 Å². The molecule has 7 nitrogen and oxygen atoms in total. The van der Waals surface area contributed by atoms with E-state index in [9.17, 15) is 9.59 Å². The zero-order valence-corrected chi connectivity index (χ0v) is 17.3. The van der Waals surface area contributed by atoms with Crippen LogP contribution in [0.25, 0.3) is 0 Å². The number of carbonyl (C=O) groups is 2. The number of likely N-dealkylation sites (tertiary alicyclic amines) is 1. The van der Waals surface area contributed by atoms with Gasteiger partial charge in [-0.05, 0) is 69.2 Å². The van der Waals surface area contributed by atoms with Crippen LogP contribution in [0.1, 0.15) is 41.6 Å². The lowest BCUT2D eigenvalue weighted by atomic mass is 9.95. The van der Waals surface area contributed by atoms with E-state index in [0.29, 0.717) is 24.6 Å². The maximum absolute atomic E-state index is 12.4. The molecule has 1 aromatic rings. The summed E-state index contributed by atoms with van der Waals surface area (Å²) in [5.74, 6) is 1.46. The van der Waals surface area contributed by atoms with Crippen molar-refractivity contribution in [2.75, 3.05) is 45.9 Å². The Labute approximate surface area is 172 Å². The monoisotopic (exact) mass is 400 g/mol. The van der Waals surface area contributed by atoms with Crippen molar-refractivity contribution in [3.05, 3.63) is 29.6 Å². The highest BCUT2D eigenvalue weighted by Gasteiger charge is 2.31. The highest BCUT2D eigenvalue weighted by molar-refractivity contribution is 5.95. The number of rotatable bonds is 7. The molecule has 2 amide bonds. The number of pyridine rings is 1. The first-order valence-electron chi connectivity index (χ1n) is 10.9. The fourth-order valence-electron chi connectivity index (χ4n) is 4.34. The molecular formula is C22H32N4O3. The summed E-state index contributed by atoms with van der Waals surface area (Å²) < 4.78 is 5.67. The van der Waals surface area contributed by atoms with E-state index < -0.39 is 0 Å². The molecule has 0 radical (unpaired) electrons. The van der Waals surface area contributed by atoms with Crippen molar-refractivity contribution in [2.24, 2.45) is 11.8 Å². The first kappa shape index (κ1) is 20.3. The van der Waals surface area contributed by atoms with Crippen molar-refractivity contribution in [3.8, 4) is 0 Å². The smallest absolute Gasteiger partial charge is 0.251 e. The normalized spacial score (nSPS) is 24.0. The number of ether oxygens (including phenoxy) is 1. The number of hydrogen-bond acceptors (Lipinski definition) is 5. The molecule has 0 bridgehead atoms. The molecule has 1 aromatic heterocycles. The predicted octanol–water partition coefficient (Wildman–Crippen LogP) is 1.47. The van der Waals surface area contributed by atoms with Crippen LogP contribution in [0, 0.1) is 18.8 Å². The molecule has 7 heteroatoms. The van der Waals surface area contributed by atoms with E-state index in [1.54, 1.807) is 18.5 Å². The van der Waals surface area contributed by atoms with Gasteiger partial charge in [0.15, 0.2) is 0 Å².